The van der Waals surface area contributed by atoms with E-state index in [9.17, 15) is 9.59 Å². The smallest absolute Gasteiger partial charge is 0.201 e. The van der Waals surface area contributed by atoms with Gasteiger partial charge in [0.05, 0.1) is 0 Å². The van der Waals surface area contributed by atoms with Crippen molar-refractivity contribution in [1.29, 1.82) is 0 Å². The van der Waals surface area contributed by atoms with Crippen LogP contribution in [0.25, 0.3) is 0 Å². The lowest BCUT2D eigenvalue weighted by molar-refractivity contribution is 0.509. The number of rotatable bonds is 5. The van der Waals surface area contributed by atoms with Gasteiger partial charge in [0.25, 0.3) is 0 Å². The van der Waals surface area contributed by atoms with E-state index in [1.54, 1.807) is 13.2 Å². The van der Waals surface area contributed by atoms with Gasteiger partial charge in [-0.25, -0.2) is 0 Å². The van der Waals surface area contributed by atoms with Gasteiger partial charge >= 0.3 is 0 Å². The standard InChI is InChI=1S/C7H10O2/c1-7(6-9)4-2-3-5-8/h7H,2-4H2,1H3. The first-order chi connectivity index (χ1) is 4.31. The Bertz CT molecular complexity index is 88.9. The second-order valence-corrected chi connectivity index (χ2v) is 2.06. The van der Waals surface area contributed by atoms with E-state index >= 15 is 0 Å². The van der Waals surface area contributed by atoms with Gasteiger partial charge in [-0.15, -0.1) is 0 Å². The maximum absolute atomic E-state index is 9.88. The van der Waals surface area contributed by atoms with Crippen molar-refractivity contribution in [2.45, 2.75) is 26.2 Å². The monoisotopic (exact) mass is 126 g/mol. The van der Waals surface area contributed by atoms with E-state index in [1.165, 1.54) is 0 Å². The highest BCUT2D eigenvalue weighted by Crippen LogP contribution is 2.02. The van der Waals surface area contributed by atoms with Gasteiger partial charge in [0.2, 0.25) is 6.29 Å². The van der Waals surface area contributed by atoms with Crippen molar-refractivity contribution in [3.63, 3.8) is 0 Å². The van der Waals surface area contributed by atoms with E-state index in [0.717, 1.165) is 12.8 Å². The summed E-state index contributed by atoms with van der Waals surface area (Å²) in [5, 5.41) is 0. The first-order valence-electron chi connectivity index (χ1n) is 3.04. The fourth-order valence-electron chi connectivity index (χ4n) is 0.539. The highest BCUT2D eigenvalue weighted by atomic mass is 16.1. The van der Waals surface area contributed by atoms with Crippen LogP contribution in [0.2, 0.25) is 0 Å². The van der Waals surface area contributed by atoms with Crippen molar-refractivity contribution in [1.82, 2.24) is 0 Å². The zero-order chi connectivity index (χ0) is 7.11. The van der Waals surface area contributed by atoms with Crippen LogP contribution in [0.15, 0.2) is 0 Å². The molecule has 0 rings (SSSR count). The third-order valence-electron chi connectivity index (χ3n) is 1.12. The molecule has 0 aromatic rings. The summed E-state index contributed by atoms with van der Waals surface area (Å²) in [5.41, 5.74) is 0. The molecule has 2 heteroatoms. The highest BCUT2D eigenvalue weighted by molar-refractivity contribution is 5.54. The summed E-state index contributed by atoms with van der Waals surface area (Å²) in [7, 11) is 0. The number of hydrogen-bond acceptors (Lipinski definition) is 2. The van der Waals surface area contributed by atoms with E-state index in [1.807, 2.05) is 6.29 Å². The molecule has 0 heterocycles. The van der Waals surface area contributed by atoms with Gasteiger partial charge < -0.3 is 0 Å². The fraction of sp³-hybridized carbons (Fsp3) is 0.714. The first-order valence-corrected chi connectivity index (χ1v) is 3.04. The Labute approximate surface area is 55.3 Å². The molecule has 50 valence electrons. The molecule has 9 heavy (non-hydrogen) atoms. The van der Waals surface area contributed by atoms with Gasteiger partial charge in [-0.2, -0.15) is 0 Å². The third kappa shape index (κ3) is 5.21. The number of unbranched alkanes of at least 4 members (excludes halogenated alkanes) is 1. The molecular weight excluding hydrogens is 116 g/mol. The minimum Gasteiger partial charge on any atom is -0.291 e. The Balaban J connectivity index is 3.05. The molecule has 2 nitrogen and oxygen atoms in total. The Hall–Kier alpha value is -0.660. The van der Waals surface area contributed by atoms with Crippen LogP contribution in [0.1, 0.15) is 26.2 Å². The normalized spacial score (nSPS) is 12.6. The largest absolute Gasteiger partial charge is 0.291 e. The van der Waals surface area contributed by atoms with E-state index in [-0.39, 0.29) is 5.92 Å². The molecule has 0 amide bonds. The Morgan fingerprint density at radius 3 is 2.56 bits per heavy atom. The van der Waals surface area contributed by atoms with Crippen LogP contribution in [-0.2, 0) is 9.59 Å². The maximum atomic E-state index is 9.88. The summed E-state index contributed by atoms with van der Waals surface area (Å²) in [4.78, 5) is 19.5. The van der Waals surface area contributed by atoms with Gasteiger partial charge in [-0.1, -0.05) is 6.92 Å². The van der Waals surface area contributed by atoms with E-state index in [2.05, 4.69) is 0 Å². The van der Waals surface area contributed by atoms with Crippen LogP contribution < -0.4 is 0 Å². The fourth-order valence-corrected chi connectivity index (χ4v) is 0.539. The molecule has 0 N–H and O–H groups in total. The molecule has 0 aliphatic rings. The van der Waals surface area contributed by atoms with E-state index in [0.29, 0.717) is 6.42 Å². The lowest BCUT2D eigenvalue weighted by atomic mass is 10.1. The highest BCUT2D eigenvalue weighted by Gasteiger charge is 1.98. The van der Waals surface area contributed by atoms with Crippen LogP contribution in [0.5, 0.6) is 0 Å². The second-order valence-electron chi connectivity index (χ2n) is 2.06. The summed E-state index contributed by atoms with van der Waals surface area (Å²) in [6, 6.07) is 0. The summed E-state index contributed by atoms with van der Waals surface area (Å²) < 4.78 is 0. The van der Waals surface area contributed by atoms with Crippen LogP contribution in [0, 0.1) is 5.92 Å². The lowest BCUT2D eigenvalue weighted by Crippen LogP contribution is -1.94. The zero-order valence-electron chi connectivity index (χ0n) is 5.52. The first kappa shape index (κ1) is 8.34. The van der Waals surface area contributed by atoms with Gasteiger partial charge in [-0.05, 0) is 12.8 Å². The third-order valence-corrected chi connectivity index (χ3v) is 1.12. The topological polar surface area (TPSA) is 34.1 Å². The van der Waals surface area contributed by atoms with Crippen LogP contribution in [0.4, 0.5) is 0 Å². The minimum absolute atomic E-state index is 0.0293. The Kier molecular flexibility index (Phi) is 5.07. The predicted molar refractivity (Wildman–Crippen MR) is 34.4 cm³/mol. The molecule has 2 radical (unpaired) electrons. The van der Waals surface area contributed by atoms with Crippen molar-refractivity contribution in [3.8, 4) is 0 Å². The van der Waals surface area contributed by atoms with Gasteiger partial charge in [0.1, 0.15) is 0 Å². The molecule has 0 spiro atoms. The van der Waals surface area contributed by atoms with Gasteiger partial charge in [0, 0.05) is 12.3 Å². The molecule has 0 aliphatic carbocycles. The number of hydrogen-bond donors (Lipinski definition) is 0. The summed E-state index contributed by atoms with van der Waals surface area (Å²) in [6.45, 7) is 1.79. The predicted octanol–water partition coefficient (Wildman–Crippen LogP) is 1.01. The van der Waals surface area contributed by atoms with Crippen molar-refractivity contribution in [2.24, 2.45) is 5.92 Å². The molecule has 1 unspecified atom stereocenters. The van der Waals surface area contributed by atoms with Crippen LogP contribution in [-0.4, -0.2) is 12.6 Å². The maximum Gasteiger partial charge on any atom is 0.201 e. The molecule has 0 fully saturated rings. The molecule has 1 atom stereocenters. The van der Waals surface area contributed by atoms with Gasteiger partial charge in [-0.3, -0.25) is 9.59 Å². The molecule has 0 aliphatic heterocycles. The molecule has 0 bridgehead atoms. The SMILES string of the molecule is CC([C]=O)CCC[C]=O. The molecule has 0 saturated carbocycles. The van der Waals surface area contributed by atoms with Crippen molar-refractivity contribution < 1.29 is 9.59 Å². The number of carbonyl (C=O) groups excluding carboxylic acids is 2. The molecular formula is C7H10O2. The molecule has 0 saturated heterocycles. The van der Waals surface area contributed by atoms with Crippen molar-refractivity contribution in [3.05, 3.63) is 0 Å². The van der Waals surface area contributed by atoms with Gasteiger partial charge in [0.15, 0.2) is 6.29 Å². The lowest BCUT2D eigenvalue weighted by Gasteiger charge is -1.96. The Morgan fingerprint density at radius 2 is 2.11 bits per heavy atom. The van der Waals surface area contributed by atoms with Crippen LogP contribution >= 0.6 is 0 Å². The van der Waals surface area contributed by atoms with Crippen molar-refractivity contribution in [2.75, 3.05) is 0 Å². The summed E-state index contributed by atoms with van der Waals surface area (Å²) >= 11 is 0. The van der Waals surface area contributed by atoms with E-state index < -0.39 is 0 Å². The Morgan fingerprint density at radius 1 is 1.44 bits per heavy atom. The second kappa shape index (κ2) is 5.48. The minimum atomic E-state index is -0.0293. The van der Waals surface area contributed by atoms with Crippen LogP contribution in [0.3, 0.4) is 0 Å². The average molecular weight is 126 g/mol. The molecule has 0 aromatic carbocycles. The molecule has 0 aromatic heterocycles. The summed E-state index contributed by atoms with van der Waals surface area (Å²) in [5.74, 6) is -0.0293. The van der Waals surface area contributed by atoms with Crippen molar-refractivity contribution >= 4 is 12.6 Å². The zero-order valence-corrected chi connectivity index (χ0v) is 5.52. The van der Waals surface area contributed by atoms with E-state index in [4.69, 9.17) is 0 Å². The quantitative estimate of drug-likeness (QED) is 0.515. The average Bonchev–Trinajstić information content (AvgIpc) is 1.89. The summed E-state index contributed by atoms with van der Waals surface area (Å²) in [6.07, 6.45) is 5.55.